The van der Waals surface area contributed by atoms with Crippen molar-refractivity contribution in [2.75, 3.05) is 19.0 Å². The Morgan fingerprint density at radius 3 is 2.82 bits per heavy atom. The van der Waals surface area contributed by atoms with E-state index in [9.17, 15) is 4.79 Å². The molecule has 0 radical (unpaired) electrons. The first-order valence-corrected chi connectivity index (χ1v) is 9.98. The van der Waals surface area contributed by atoms with Crippen molar-refractivity contribution >= 4 is 17.5 Å². The molecule has 0 bridgehead atoms. The summed E-state index contributed by atoms with van der Waals surface area (Å²) >= 11 is 0. The molecule has 28 heavy (non-hydrogen) atoms. The molecule has 7 heteroatoms. The number of carbonyl (C=O) groups excluding carboxylic acids is 1. The highest BCUT2D eigenvalue weighted by Gasteiger charge is 2.26. The molecule has 2 unspecified atom stereocenters. The van der Waals surface area contributed by atoms with Crippen LogP contribution in [-0.2, 0) is 0 Å². The lowest BCUT2D eigenvalue weighted by Gasteiger charge is -2.32. The van der Waals surface area contributed by atoms with E-state index in [0.29, 0.717) is 17.7 Å². The van der Waals surface area contributed by atoms with E-state index < -0.39 is 0 Å². The van der Waals surface area contributed by atoms with E-state index in [1.807, 2.05) is 24.3 Å². The first kappa shape index (κ1) is 20.1. The van der Waals surface area contributed by atoms with Crippen LogP contribution in [0.15, 0.2) is 36.5 Å². The van der Waals surface area contributed by atoms with Crippen LogP contribution in [0.3, 0.4) is 0 Å². The molecule has 7 nitrogen and oxygen atoms in total. The molecule has 0 saturated heterocycles. The maximum absolute atomic E-state index is 12.8. The monoisotopic (exact) mass is 383 g/mol. The van der Waals surface area contributed by atoms with Gasteiger partial charge in [0.2, 0.25) is 5.95 Å². The van der Waals surface area contributed by atoms with E-state index in [2.05, 4.69) is 32.8 Å². The summed E-state index contributed by atoms with van der Waals surface area (Å²) in [4.78, 5) is 21.4. The van der Waals surface area contributed by atoms with Crippen molar-refractivity contribution in [3.05, 3.63) is 42.2 Å². The number of nitrogens with one attached hydrogen (secondary N) is 3. The van der Waals surface area contributed by atoms with Gasteiger partial charge < -0.3 is 20.7 Å². The lowest BCUT2D eigenvalue weighted by Crippen LogP contribution is -2.51. The van der Waals surface area contributed by atoms with Crippen LogP contribution in [0.4, 0.5) is 11.6 Å². The van der Waals surface area contributed by atoms with Crippen LogP contribution in [0.2, 0.25) is 0 Å². The van der Waals surface area contributed by atoms with E-state index in [0.717, 1.165) is 43.7 Å². The number of methoxy groups -OCH3 is 1. The van der Waals surface area contributed by atoms with Crippen LogP contribution < -0.4 is 20.7 Å². The average Bonchev–Trinajstić information content (AvgIpc) is 2.73. The minimum Gasteiger partial charge on any atom is -0.497 e. The molecule has 1 aromatic carbocycles. The smallest absolute Gasteiger partial charge is 0.270 e. The topological polar surface area (TPSA) is 88.2 Å². The molecule has 0 aliphatic heterocycles. The van der Waals surface area contributed by atoms with Crippen LogP contribution in [0.25, 0.3) is 0 Å². The maximum atomic E-state index is 12.8. The Morgan fingerprint density at radius 2 is 2.04 bits per heavy atom. The lowest BCUT2D eigenvalue weighted by molar-refractivity contribution is 0.0910. The van der Waals surface area contributed by atoms with Crippen molar-refractivity contribution in [3.63, 3.8) is 0 Å². The second-order valence-corrected chi connectivity index (χ2v) is 7.05. The van der Waals surface area contributed by atoms with Gasteiger partial charge in [-0.3, -0.25) is 4.79 Å². The highest BCUT2D eigenvalue weighted by molar-refractivity contribution is 5.92. The number of carbonyl (C=O) groups is 1. The van der Waals surface area contributed by atoms with Gasteiger partial charge in [-0.1, -0.05) is 25.8 Å². The third kappa shape index (κ3) is 5.42. The van der Waals surface area contributed by atoms with E-state index in [1.165, 1.54) is 6.42 Å². The van der Waals surface area contributed by atoms with Crippen LogP contribution in [0.5, 0.6) is 5.75 Å². The summed E-state index contributed by atoms with van der Waals surface area (Å²) < 4.78 is 5.23. The standard InChI is InChI=1S/C21H29N5O2/c1-3-12-22-17-9-4-5-10-18(17)25-20(27)19-11-13-23-21(26-19)24-15-7-6-8-16(14-15)28-2/h6-8,11,13-14,17-18,22H,3-5,9-10,12H2,1-2H3,(H,25,27)(H,23,24,26). The maximum Gasteiger partial charge on any atom is 0.270 e. The molecule has 2 atom stereocenters. The molecule has 0 spiro atoms. The van der Waals surface area contributed by atoms with Gasteiger partial charge in [0.1, 0.15) is 11.4 Å². The van der Waals surface area contributed by atoms with Crippen molar-refractivity contribution in [2.45, 2.75) is 51.1 Å². The number of ether oxygens (including phenoxy) is 1. The van der Waals surface area contributed by atoms with Crippen molar-refractivity contribution in [1.29, 1.82) is 0 Å². The predicted octanol–water partition coefficient (Wildman–Crippen LogP) is 3.27. The molecule has 1 amide bonds. The first-order valence-electron chi connectivity index (χ1n) is 9.98. The molecule has 1 aliphatic carbocycles. The minimum absolute atomic E-state index is 0.137. The van der Waals surface area contributed by atoms with Crippen LogP contribution in [-0.4, -0.2) is 41.6 Å². The number of nitrogens with zero attached hydrogens (tertiary/aromatic N) is 2. The quantitative estimate of drug-likeness (QED) is 0.648. The Morgan fingerprint density at radius 1 is 1.21 bits per heavy atom. The number of benzene rings is 1. The molecule has 2 aromatic rings. The second-order valence-electron chi connectivity index (χ2n) is 7.05. The lowest BCUT2D eigenvalue weighted by atomic mass is 9.90. The van der Waals surface area contributed by atoms with E-state index in [-0.39, 0.29) is 11.9 Å². The van der Waals surface area contributed by atoms with Gasteiger partial charge in [0, 0.05) is 30.0 Å². The Labute approximate surface area is 166 Å². The average molecular weight is 383 g/mol. The molecular weight excluding hydrogens is 354 g/mol. The Kier molecular flexibility index (Phi) is 7.19. The van der Waals surface area contributed by atoms with Crippen molar-refractivity contribution in [2.24, 2.45) is 0 Å². The zero-order valence-corrected chi connectivity index (χ0v) is 16.6. The molecule has 1 heterocycles. The molecule has 1 aliphatic rings. The van der Waals surface area contributed by atoms with E-state index in [1.54, 1.807) is 19.4 Å². The molecule has 3 rings (SSSR count). The Hall–Kier alpha value is -2.67. The van der Waals surface area contributed by atoms with Crippen molar-refractivity contribution < 1.29 is 9.53 Å². The van der Waals surface area contributed by atoms with Gasteiger partial charge in [0.05, 0.1) is 7.11 Å². The molecule has 3 N–H and O–H groups in total. The van der Waals surface area contributed by atoms with Gasteiger partial charge >= 0.3 is 0 Å². The largest absolute Gasteiger partial charge is 0.497 e. The summed E-state index contributed by atoms with van der Waals surface area (Å²) in [5, 5.41) is 9.84. The number of hydrogen-bond donors (Lipinski definition) is 3. The minimum atomic E-state index is -0.161. The number of hydrogen-bond acceptors (Lipinski definition) is 6. The van der Waals surface area contributed by atoms with Crippen molar-refractivity contribution in [3.8, 4) is 5.75 Å². The van der Waals surface area contributed by atoms with E-state index in [4.69, 9.17) is 4.74 Å². The van der Waals surface area contributed by atoms with Gasteiger partial charge in [0.25, 0.3) is 5.91 Å². The number of anilines is 2. The summed E-state index contributed by atoms with van der Waals surface area (Å²) in [5.41, 5.74) is 1.16. The summed E-state index contributed by atoms with van der Waals surface area (Å²) in [6.07, 6.45) is 7.11. The third-order valence-electron chi connectivity index (χ3n) is 4.95. The second kappa shape index (κ2) is 10.0. The number of rotatable bonds is 8. The highest BCUT2D eigenvalue weighted by atomic mass is 16.5. The Balaban J connectivity index is 1.66. The van der Waals surface area contributed by atoms with Crippen LogP contribution >= 0.6 is 0 Å². The highest BCUT2D eigenvalue weighted by Crippen LogP contribution is 2.20. The van der Waals surface area contributed by atoms with Crippen LogP contribution in [0.1, 0.15) is 49.5 Å². The zero-order valence-electron chi connectivity index (χ0n) is 16.6. The molecule has 1 aromatic heterocycles. The van der Waals surface area contributed by atoms with Gasteiger partial charge in [-0.05, 0) is 44.0 Å². The SMILES string of the molecule is CCCNC1CCCCC1NC(=O)c1ccnc(Nc2cccc(OC)c2)n1. The summed E-state index contributed by atoms with van der Waals surface area (Å²) in [6.45, 7) is 3.13. The summed E-state index contributed by atoms with van der Waals surface area (Å²) in [6, 6.07) is 9.59. The third-order valence-corrected chi connectivity index (χ3v) is 4.95. The normalized spacial score (nSPS) is 19.1. The fourth-order valence-electron chi connectivity index (χ4n) is 3.50. The van der Waals surface area contributed by atoms with E-state index >= 15 is 0 Å². The number of amides is 1. The van der Waals surface area contributed by atoms with Crippen molar-refractivity contribution in [1.82, 2.24) is 20.6 Å². The molecule has 150 valence electrons. The van der Waals surface area contributed by atoms with Crippen LogP contribution in [0, 0.1) is 0 Å². The fourth-order valence-corrected chi connectivity index (χ4v) is 3.50. The zero-order chi connectivity index (χ0) is 19.8. The summed E-state index contributed by atoms with van der Waals surface area (Å²) in [7, 11) is 1.62. The summed E-state index contributed by atoms with van der Waals surface area (Å²) in [5.74, 6) is 0.957. The first-order chi connectivity index (χ1) is 13.7. The van der Waals surface area contributed by atoms with Gasteiger partial charge in [0.15, 0.2) is 0 Å². The molecule has 1 saturated carbocycles. The number of aromatic nitrogens is 2. The predicted molar refractivity (Wildman–Crippen MR) is 110 cm³/mol. The van der Waals surface area contributed by atoms with Gasteiger partial charge in [-0.15, -0.1) is 0 Å². The molecular formula is C21H29N5O2. The Bertz CT molecular complexity index is 783. The molecule has 1 fully saturated rings. The van der Waals surface area contributed by atoms with Gasteiger partial charge in [-0.2, -0.15) is 0 Å². The van der Waals surface area contributed by atoms with Gasteiger partial charge in [-0.25, -0.2) is 9.97 Å². The fraction of sp³-hybridized carbons (Fsp3) is 0.476.